The Hall–Kier alpha value is -3.12. The first-order valence-corrected chi connectivity index (χ1v) is 12.5. The summed E-state index contributed by atoms with van der Waals surface area (Å²) in [6, 6.07) is 11.4. The number of thiophene rings is 1. The molecule has 0 radical (unpaired) electrons. The molecule has 34 heavy (non-hydrogen) atoms. The lowest BCUT2D eigenvalue weighted by molar-refractivity contribution is 0.0947. The van der Waals surface area contributed by atoms with Crippen LogP contribution < -0.4 is 10.1 Å². The van der Waals surface area contributed by atoms with Gasteiger partial charge in [0.1, 0.15) is 23.1 Å². The standard InChI is InChI=1S/C28H32N2O3S/c1-5-13-32-21-9-6-8-19(15-21)17-30-27-25(26(31)29-18-22-10-7-14-33-22)23-12-11-20(28(2,3)4)16-24(23)34-27/h5-10,14-15,17,20H,1,11-13,16,18H2,2-4H3,(H,29,31)/t20-/m0/s1. The molecule has 178 valence electrons. The maximum atomic E-state index is 13.3. The zero-order chi connectivity index (χ0) is 24.1. The molecule has 0 fully saturated rings. The van der Waals surface area contributed by atoms with Crippen LogP contribution in [0.1, 0.15) is 59.3 Å². The summed E-state index contributed by atoms with van der Waals surface area (Å²) in [6.45, 7) is 11.4. The Balaban J connectivity index is 1.62. The van der Waals surface area contributed by atoms with Crippen LogP contribution in [0.25, 0.3) is 0 Å². The van der Waals surface area contributed by atoms with Crippen molar-refractivity contribution < 1.29 is 13.9 Å². The lowest BCUT2D eigenvalue weighted by Crippen LogP contribution is -2.28. The predicted octanol–water partition coefficient (Wildman–Crippen LogP) is 6.74. The minimum atomic E-state index is -0.0988. The van der Waals surface area contributed by atoms with Gasteiger partial charge in [0.05, 0.1) is 18.4 Å². The van der Waals surface area contributed by atoms with Gasteiger partial charge in [0, 0.05) is 11.1 Å². The van der Waals surface area contributed by atoms with Crippen molar-refractivity contribution in [1.82, 2.24) is 5.32 Å². The maximum Gasteiger partial charge on any atom is 0.255 e. The van der Waals surface area contributed by atoms with Crippen LogP contribution in [0.4, 0.5) is 5.00 Å². The van der Waals surface area contributed by atoms with Crippen LogP contribution >= 0.6 is 11.3 Å². The van der Waals surface area contributed by atoms with E-state index >= 15 is 0 Å². The van der Waals surface area contributed by atoms with Crippen molar-refractivity contribution in [2.24, 2.45) is 16.3 Å². The molecule has 0 bridgehead atoms. The molecule has 5 nitrogen and oxygen atoms in total. The van der Waals surface area contributed by atoms with Crippen molar-refractivity contribution >= 4 is 28.5 Å². The molecular formula is C28H32N2O3S. The molecule has 1 aliphatic carbocycles. The Kier molecular flexibility index (Phi) is 7.37. The highest BCUT2D eigenvalue weighted by atomic mass is 32.1. The van der Waals surface area contributed by atoms with Gasteiger partial charge in [-0.05, 0) is 66.0 Å². The smallest absolute Gasteiger partial charge is 0.255 e. The molecule has 4 rings (SSSR count). The van der Waals surface area contributed by atoms with Gasteiger partial charge in [0.2, 0.25) is 0 Å². The molecular weight excluding hydrogens is 444 g/mol. The fourth-order valence-corrected chi connectivity index (χ4v) is 5.55. The summed E-state index contributed by atoms with van der Waals surface area (Å²) < 4.78 is 11.0. The van der Waals surface area contributed by atoms with Crippen molar-refractivity contribution in [3.05, 3.63) is 82.6 Å². The van der Waals surface area contributed by atoms with Crippen LogP contribution in [0.3, 0.4) is 0 Å². The Bertz CT molecular complexity index is 1170. The van der Waals surface area contributed by atoms with Crippen LogP contribution in [0, 0.1) is 11.3 Å². The molecule has 2 aromatic heterocycles. The number of amides is 1. The van der Waals surface area contributed by atoms with Gasteiger partial charge in [-0.1, -0.05) is 45.6 Å². The van der Waals surface area contributed by atoms with Crippen molar-refractivity contribution in [3.63, 3.8) is 0 Å². The number of hydrogen-bond donors (Lipinski definition) is 1. The van der Waals surface area contributed by atoms with Gasteiger partial charge < -0.3 is 14.5 Å². The average Bonchev–Trinajstić information content (AvgIpc) is 3.46. The molecule has 0 spiro atoms. The van der Waals surface area contributed by atoms with E-state index in [1.807, 2.05) is 42.6 Å². The maximum absolute atomic E-state index is 13.3. The highest BCUT2D eigenvalue weighted by Crippen LogP contribution is 2.45. The highest BCUT2D eigenvalue weighted by Gasteiger charge is 2.33. The second-order valence-corrected chi connectivity index (χ2v) is 10.8. The number of carbonyl (C=O) groups is 1. The first kappa shape index (κ1) is 24.0. The zero-order valence-electron chi connectivity index (χ0n) is 20.1. The molecule has 1 aliphatic rings. The number of nitrogens with zero attached hydrogens (tertiary/aromatic N) is 1. The van der Waals surface area contributed by atoms with Crippen molar-refractivity contribution in [3.8, 4) is 5.75 Å². The summed E-state index contributed by atoms with van der Waals surface area (Å²) >= 11 is 1.64. The van der Waals surface area contributed by atoms with E-state index in [4.69, 9.17) is 14.1 Å². The monoisotopic (exact) mass is 476 g/mol. The Morgan fingerprint density at radius 1 is 1.32 bits per heavy atom. The number of fused-ring (bicyclic) bond motifs is 1. The molecule has 3 aromatic rings. The summed E-state index contributed by atoms with van der Waals surface area (Å²) in [6.07, 6.45) is 8.11. The van der Waals surface area contributed by atoms with Crippen LogP contribution in [-0.2, 0) is 19.4 Å². The fraction of sp³-hybridized carbons (Fsp3) is 0.357. The SMILES string of the molecule is C=CCOc1cccc(C=Nc2sc3c(c2C(=O)NCc2ccco2)CC[C@H](C(C)(C)C)C3)c1. The van der Waals surface area contributed by atoms with E-state index in [-0.39, 0.29) is 11.3 Å². The quantitative estimate of drug-likeness (QED) is 0.289. The molecule has 0 aliphatic heterocycles. The lowest BCUT2D eigenvalue weighted by Gasteiger charge is -2.33. The van der Waals surface area contributed by atoms with Gasteiger partial charge in [0.25, 0.3) is 5.91 Å². The number of nitrogens with one attached hydrogen (secondary N) is 1. The first-order chi connectivity index (χ1) is 16.3. The van der Waals surface area contributed by atoms with Crippen LogP contribution in [0.2, 0.25) is 0 Å². The summed E-state index contributed by atoms with van der Waals surface area (Å²) in [4.78, 5) is 19.4. The predicted molar refractivity (Wildman–Crippen MR) is 139 cm³/mol. The number of carbonyl (C=O) groups excluding carboxylic acids is 1. The van der Waals surface area contributed by atoms with Gasteiger partial charge in [0.15, 0.2) is 0 Å². The van der Waals surface area contributed by atoms with Crippen LogP contribution in [0.5, 0.6) is 5.75 Å². The Morgan fingerprint density at radius 2 is 2.18 bits per heavy atom. The van der Waals surface area contributed by atoms with Crippen molar-refractivity contribution in [1.29, 1.82) is 0 Å². The van der Waals surface area contributed by atoms with Gasteiger partial charge in [-0.15, -0.1) is 11.3 Å². The van der Waals surface area contributed by atoms with Gasteiger partial charge >= 0.3 is 0 Å². The Morgan fingerprint density at radius 3 is 2.91 bits per heavy atom. The van der Waals surface area contributed by atoms with E-state index < -0.39 is 0 Å². The third kappa shape index (κ3) is 5.68. The summed E-state index contributed by atoms with van der Waals surface area (Å²) in [5, 5.41) is 3.78. The average molecular weight is 477 g/mol. The normalized spacial score (nSPS) is 15.8. The molecule has 2 heterocycles. The number of aliphatic imine (C=N–C) groups is 1. The molecule has 6 heteroatoms. The number of benzene rings is 1. The summed E-state index contributed by atoms with van der Waals surface area (Å²) in [7, 11) is 0. The van der Waals surface area contributed by atoms with E-state index in [1.54, 1.807) is 23.7 Å². The largest absolute Gasteiger partial charge is 0.490 e. The number of furan rings is 1. The fourth-order valence-electron chi connectivity index (χ4n) is 4.28. The van der Waals surface area contributed by atoms with Gasteiger partial charge in [-0.2, -0.15) is 0 Å². The number of rotatable bonds is 8. The number of hydrogen-bond acceptors (Lipinski definition) is 5. The van der Waals surface area contributed by atoms with Crippen LogP contribution in [-0.4, -0.2) is 18.7 Å². The third-order valence-corrected chi connectivity index (χ3v) is 7.42. The van der Waals surface area contributed by atoms with Crippen molar-refractivity contribution in [2.45, 2.75) is 46.6 Å². The van der Waals surface area contributed by atoms with Crippen molar-refractivity contribution in [2.75, 3.05) is 6.61 Å². The highest BCUT2D eigenvalue weighted by molar-refractivity contribution is 7.16. The molecule has 0 saturated carbocycles. The first-order valence-electron chi connectivity index (χ1n) is 11.7. The minimum absolute atomic E-state index is 0.0988. The zero-order valence-corrected chi connectivity index (χ0v) is 20.9. The molecule has 1 amide bonds. The topological polar surface area (TPSA) is 63.8 Å². The molecule has 1 atom stereocenters. The van der Waals surface area contributed by atoms with Gasteiger partial charge in [-0.3, -0.25) is 4.79 Å². The summed E-state index contributed by atoms with van der Waals surface area (Å²) in [5.74, 6) is 1.98. The molecule has 1 N–H and O–H groups in total. The van der Waals surface area contributed by atoms with E-state index in [2.05, 4.69) is 32.7 Å². The van der Waals surface area contributed by atoms with Gasteiger partial charge in [-0.25, -0.2) is 4.99 Å². The summed E-state index contributed by atoms with van der Waals surface area (Å²) in [5.41, 5.74) is 3.01. The second-order valence-electron chi connectivity index (χ2n) is 9.68. The second kappa shape index (κ2) is 10.4. The Labute approximate surface area is 205 Å². The molecule has 0 unspecified atom stereocenters. The molecule has 1 aromatic carbocycles. The van der Waals surface area contributed by atoms with E-state index in [0.29, 0.717) is 24.6 Å². The minimum Gasteiger partial charge on any atom is -0.490 e. The third-order valence-electron chi connectivity index (χ3n) is 6.26. The lowest BCUT2D eigenvalue weighted by atomic mass is 9.72. The van der Waals surface area contributed by atoms with Crippen LogP contribution in [0.15, 0.2) is 64.7 Å². The molecule has 0 saturated heterocycles. The van der Waals surface area contributed by atoms with E-state index in [9.17, 15) is 4.79 Å². The number of ether oxygens (including phenoxy) is 1. The van der Waals surface area contributed by atoms with E-state index in [0.717, 1.165) is 46.9 Å². The van der Waals surface area contributed by atoms with E-state index in [1.165, 1.54) is 4.88 Å².